The topological polar surface area (TPSA) is 46.3 Å². The maximum Gasteiger partial charge on any atom is 0.222 e. The van der Waals surface area contributed by atoms with E-state index in [0.29, 0.717) is 18.5 Å². The van der Waals surface area contributed by atoms with Crippen LogP contribution in [0.3, 0.4) is 0 Å². The van der Waals surface area contributed by atoms with Crippen LogP contribution in [0.15, 0.2) is 0 Å². The Balaban J connectivity index is 1.93. The number of unbranched alkanes of at least 4 members (excludes halogenated alkanes) is 8. The minimum Gasteiger partial charge on any atom is -0.338 e. The van der Waals surface area contributed by atoms with Crippen LogP contribution in [0.4, 0.5) is 0 Å². The monoisotopic (exact) mass is 282 g/mol. The molecule has 1 rings (SSSR count). The molecule has 0 bridgehead atoms. The molecule has 0 unspecified atom stereocenters. The van der Waals surface area contributed by atoms with E-state index in [1.165, 1.54) is 64.2 Å². The van der Waals surface area contributed by atoms with Crippen molar-refractivity contribution in [3.8, 4) is 0 Å². The van der Waals surface area contributed by atoms with E-state index in [1.807, 2.05) is 4.90 Å². The van der Waals surface area contributed by atoms with Gasteiger partial charge >= 0.3 is 0 Å². The molecule has 0 aromatic carbocycles. The summed E-state index contributed by atoms with van der Waals surface area (Å²) in [6.45, 7) is 3.60. The summed E-state index contributed by atoms with van der Waals surface area (Å²) in [5.74, 6) is 0.334. The highest BCUT2D eigenvalue weighted by Gasteiger charge is 2.31. The van der Waals surface area contributed by atoms with E-state index >= 15 is 0 Å². The van der Waals surface area contributed by atoms with Crippen molar-refractivity contribution in [2.75, 3.05) is 13.1 Å². The molecule has 1 saturated carbocycles. The van der Waals surface area contributed by atoms with E-state index in [4.69, 9.17) is 5.73 Å². The van der Waals surface area contributed by atoms with E-state index < -0.39 is 0 Å². The quantitative estimate of drug-likeness (QED) is 0.521. The predicted molar refractivity (Wildman–Crippen MR) is 85.6 cm³/mol. The highest BCUT2D eigenvalue weighted by molar-refractivity contribution is 5.76. The van der Waals surface area contributed by atoms with E-state index in [9.17, 15) is 4.79 Å². The molecule has 2 N–H and O–H groups in total. The fourth-order valence-corrected chi connectivity index (χ4v) is 2.77. The highest BCUT2D eigenvalue weighted by atomic mass is 16.2. The molecule has 3 nitrogen and oxygen atoms in total. The summed E-state index contributed by atoms with van der Waals surface area (Å²) in [7, 11) is 0. The summed E-state index contributed by atoms with van der Waals surface area (Å²) in [5, 5.41) is 0. The second-order valence-electron chi connectivity index (χ2n) is 6.19. The van der Waals surface area contributed by atoms with Gasteiger partial charge in [-0.2, -0.15) is 0 Å². The van der Waals surface area contributed by atoms with Gasteiger partial charge in [0.2, 0.25) is 5.91 Å². The van der Waals surface area contributed by atoms with E-state index in [0.717, 1.165) is 19.4 Å². The van der Waals surface area contributed by atoms with Crippen molar-refractivity contribution in [2.24, 2.45) is 5.73 Å². The Kier molecular flexibility index (Phi) is 9.73. The van der Waals surface area contributed by atoms with Crippen molar-refractivity contribution in [1.29, 1.82) is 0 Å². The lowest BCUT2D eigenvalue weighted by Crippen LogP contribution is -2.36. The van der Waals surface area contributed by atoms with E-state index in [2.05, 4.69) is 6.92 Å². The Morgan fingerprint density at radius 3 is 2.05 bits per heavy atom. The first-order chi connectivity index (χ1) is 9.79. The number of hydrogen-bond donors (Lipinski definition) is 1. The Hall–Kier alpha value is -0.570. The minimum atomic E-state index is 0.334. The lowest BCUT2D eigenvalue weighted by Gasteiger charge is -2.21. The molecular weight excluding hydrogens is 248 g/mol. The molecule has 0 aromatic rings. The van der Waals surface area contributed by atoms with E-state index in [-0.39, 0.29) is 0 Å². The summed E-state index contributed by atoms with van der Waals surface area (Å²) in [6, 6.07) is 0.518. The van der Waals surface area contributed by atoms with Crippen LogP contribution in [0.25, 0.3) is 0 Å². The van der Waals surface area contributed by atoms with Crippen molar-refractivity contribution < 1.29 is 4.79 Å². The standard InChI is InChI=1S/C17H34N2O/c1-2-3-4-5-6-7-8-9-10-11-17(20)19(15-14-18)16-12-13-16/h16H,2-15,18H2,1H3. The first-order valence-electron chi connectivity index (χ1n) is 8.79. The average Bonchev–Trinajstić information content (AvgIpc) is 3.27. The van der Waals surface area contributed by atoms with Crippen LogP contribution in [-0.4, -0.2) is 29.9 Å². The highest BCUT2D eigenvalue weighted by Crippen LogP contribution is 2.27. The van der Waals surface area contributed by atoms with Crippen molar-refractivity contribution in [3.63, 3.8) is 0 Å². The van der Waals surface area contributed by atoms with Crippen LogP contribution in [0.5, 0.6) is 0 Å². The molecule has 1 amide bonds. The SMILES string of the molecule is CCCCCCCCCCCC(=O)N(CCN)C1CC1. The third-order valence-electron chi connectivity index (χ3n) is 4.17. The first kappa shape index (κ1) is 17.5. The molecule has 1 aliphatic rings. The predicted octanol–water partition coefficient (Wildman–Crippen LogP) is 3.86. The number of hydrogen-bond acceptors (Lipinski definition) is 2. The number of nitrogens with zero attached hydrogens (tertiary/aromatic N) is 1. The second-order valence-corrected chi connectivity index (χ2v) is 6.19. The van der Waals surface area contributed by atoms with E-state index in [1.54, 1.807) is 0 Å². The van der Waals surface area contributed by atoms with Crippen molar-refractivity contribution >= 4 is 5.91 Å². The molecule has 3 heteroatoms. The molecule has 0 aliphatic heterocycles. The molecule has 0 radical (unpaired) electrons. The molecule has 0 aromatic heterocycles. The number of amides is 1. The van der Waals surface area contributed by atoms with Gasteiger partial charge in [-0.1, -0.05) is 58.3 Å². The normalized spacial score (nSPS) is 14.5. The summed E-state index contributed by atoms with van der Waals surface area (Å²) in [5.41, 5.74) is 5.58. The summed E-state index contributed by atoms with van der Waals surface area (Å²) >= 11 is 0. The maximum atomic E-state index is 12.1. The third kappa shape index (κ3) is 7.88. The molecule has 1 aliphatic carbocycles. The van der Waals surface area contributed by atoms with Crippen molar-refractivity contribution in [2.45, 2.75) is 90.0 Å². The Labute approximate surface area is 125 Å². The summed E-state index contributed by atoms with van der Waals surface area (Å²) in [6.07, 6.45) is 14.8. The Bertz CT molecular complexity index is 251. The zero-order valence-corrected chi connectivity index (χ0v) is 13.4. The largest absolute Gasteiger partial charge is 0.338 e. The van der Waals surface area contributed by atoms with Crippen molar-refractivity contribution in [1.82, 2.24) is 4.90 Å². The van der Waals surface area contributed by atoms with Crippen LogP contribution in [-0.2, 0) is 4.79 Å². The molecule has 0 saturated heterocycles. The molecule has 1 fully saturated rings. The number of carbonyl (C=O) groups excluding carboxylic acids is 1. The number of nitrogens with two attached hydrogens (primary N) is 1. The summed E-state index contributed by atoms with van der Waals surface area (Å²) < 4.78 is 0. The first-order valence-corrected chi connectivity index (χ1v) is 8.79. The van der Waals surface area contributed by atoms with Crippen LogP contribution in [0.1, 0.15) is 84.0 Å². The van der Waals surface area contributed by atoms with Gasteiger partial charge in [-0.15, -0.1) is 0 Å². The lowest BCUT2D eigenvalue weighted by atomic mass is 10.1. The minimum absolute atomic E-state index is 0.334. The zero-order chi connectivity index (χ0) is 14.6. The molecule has 20 heavy (non-hydrogen) atoms. The Morgan fingerprint density at radius 2 is 1.55 bits per heavy atom. The van der Waals surface area contributed by atoms with Crippen LogP contribution in [0, 0.1) is 0 Å². The fraction of sp³-hybridized carbons (Fsp3) is 0.941. The number of rotatable bonds is 13. The molecule has 0 heterocycles. The molecule has 0 atom stereocenters. The average molecular weight is 282 g/mol. The van der Waals surface area contributed by atoms with Gasteiger partial charge in [0.25, 0.3) is 0 Å². The second kappa shape index (κ2) is 11.1. The zero-order valence-electron chi connectivity index (χ0n) is 13.4. The smallest absolute Gasteiger partial charge is 0.222 e. The fourth-order valence-electron chi connectivity index (χ4n) is 2.77. The molecule has 118 valence electrons. The van der Waals surface area contributed by atoms with Crippen LogP contribution in [0.2, 0.25) is 0 Å². The molecule has 0 spiro atoms. The third-order valence-corrected chi connectivity index (χ3v) is 4.17. The van der Waals surface area contributed by atoms with Gasteiger partial charge in [-0.3, -0.25) is 4.79 Å². The lowest BCUT2D eigenvalue weighted by molar-refractivity contribution is -0.131. The van der Waals surface area contributed by atoms with Gasteiger partial charge in [-0.25, -0.2) is 0 Å². The van der Waals surface area contributed by atoms with Gasteiger partial charge in [0.1, 0.15) is 0 Å². The van der Waals surface area contributed by atoms with Gasteiger partial charge in [0, 0.05) is 25.6 Å². The van der Waals surface area contributed by atoms with Crippen LogP contribution >= 0.6 is 0 Å². The Morgan fingerprint density at radius 1 is 1.00 bits per heavy atom. The summed E-state index contributed by atoms with van der Waals surface area (Å²) in [4.78, 5) is 14.1. The van der Waals surface area contributed by atoms with Gasteiger partial charge < -0.3 is 10.6 Å². The van der Waals surface area contributed by atoms with Gasteiger partial charge in [0.15, 0.2) is 0 Å². The number of carbonyl (C=O) groups is 1. The van der Waals surface area contributed by atoms with Gasteiger partial charge in [0.05, 0.1) is 0 Å². The maximum absolute atomic E-state index is 12.1. The van der Waals surface area contributed by atoms with Crippen LogP contribution < -0.4 is 5.73 Å². The van der Waals surface area contributed by atoms with Crippen molar-refractivity contribution in [3.05, 3.63) is 0 Å². The van der Waals surface area contributed by atoms with Gasteiger partial charge in [-0.05, 0) is 19.3 Å². The molecular formula is C17H34N2O.